The first-order valence-electron chi connectivity index (χ1n) is 4.56. The number of rotatable bonds is 2. The number of nitrogens with zero attached hydrogens (tertiary/aromatic N) is 2. The Kier molecular flexibility index (Phi) is 2.73. The molecule has 5 heteroatoms. The third-order valence-electron chi connectivity index (χ3n) is 2.01. The Morgan fingerprint density at radius 3 is 3.13 bits per heavy atom. The zero-order valence-electron chi connectivity index (χ0n) is 8.20. The Labute approximate surface area is 95.5 Å². The Bertz CT molecular complexity index is 506. The average Bonchev–Trinajstić information content (AvgIpc) is 2.60. The van der Waals surface area contributed by atoms with E-state index in [4.69, 9.17) is 10.1 Å². The highest BCUT2D eigenvalue weighted by Gasteiger charge is 2.05. The van der Waals surface area contributed by atoms with Crippen molar-refractivity contribution in [1.82, 2.24) is 9.38 Å². The Balaban J connectivity index is 2.45. The largest absolute Gasteiger partial charge is 0.478 e. The average molecular weight is 268 g/mol. The van der Waals surface area contributed by atoms with Crippen LogP contribution < -0.4 is 0 Å². The molecule has 2 aromatic rings. The molecule has 0 atom stereocenters. The number of hydrogen-bond acceptors (Lipinski definition) is 3. The van der Waals surface area contributed by atoms with Crippen molar-refractivity contribution in [2.45, 2.75) is 6.92 Å². The van der Waals surface area contributed by atoms with Gasteiger partial charge in [-0.05, 0) is 35.0 Å². The van der Waals surface area contributed by atoms with Crippen LogP contribution in [-0.4, -0.2) is 21.9 Å². The lowest BCUT2D eigenvalue weighted by Gasteiger charge is -2.05. The normalized spacial score (nSPS) is 10.5. The highest BCUT2D eigenvalue weighted by molar-refractivity contribution is 9.10. The smallest absolute Gasteiger partial charge is 0.214 e. The molecule has 0 aliphatic heterocycles. The molecular formula is C10H10BrN3O. The minimum Gasteiger partial charge on any atom is -0.478 e. The van der Waals surface area contributed by atoms with Crippen molar-refractivity contribution in [2.75, 3.05) is 6.61 Å². The van der Waals surface area contributed by atoms with Crippen molar-refractivity contribution in [2.24, 2.45) is 0 Å². The minimum absolute atomic E-state index is 0.181. The van der Waals surface area contributed by atoms with Gasteiger partial charge in [-0.1, -0.05) is 0 Å². The first-order valence-corrected chi connectivity index (χ1v) is 5.36. The number of pyridine rings is 1. The number of aromatic nitrogens is 2. The first-order chi connectivity index (χ1) is 7.22. The molecule has 0 aliphatic rings. The van der Waals surface area contributed by atoms with Crippen LogP contribution in [0.3, 0.4) is 0 Å². The molecule has 0 spiro atoms. The molecule has 0 bridgehead atoms. The van der Waals surface area contributed by atoms with Gasteiger partial charge in [0.15, 0.2) is 0 Å². The molecule has 0 saturated carbocycles. The maximum atomic E-state index is 7.66. The van der Waals surface area contributed by atoms with E-state index in [0.29, 0.717) is 6.61 Å². The quantitative estimate of drug-likeness (QED) is 0.671. The molecule has 4 nitrogen and oxygen atoms in total. The van der Waals surface area contributed by atoms with Crippen LogP contribution in [0.2, 0.25) is 0 Å². The number of fused-ring (bicyclic) bond motifs is 1. The Morgan fingerprint density at radius 1 is 1.60 bits per heavy atom. The summed E-state index contributed by atoms with van der Waals surface area (Å²) in [6, 6.07) is 3.68. The van der Waals surface area contributed by atoms with Crippen LogP contribution in [-0.2, 0) is 4.74 Å². The van der Waals surface area contributed by atoms with Crippen molar-refractivity contribution < 1.29 is 4.74 Å². The molecule has 1 N–H and O–H groups in total. The van der Waals surface area contributed by atoms with Crippen molar-refractivity contribution in [3.8, 4) is 0 Å². The molecule has 15 heavy (non-hydrogen) atoms. The van der Waals surface area contributed by atoms with Gasteiger partial charge in [0.25, 0.3) is 0 Å². The molecule has 0 aromatic carbocycles. The van der Waals surface area contributed by atoms with Gasteiger partial charge in [0.05, 0.1) is 18.4 Å². The third-order valence-corrected chi connectivity index (χ3v) is 2.60. The van der Waals surface area contributed by atoms with Gasteiger partial charge in [-0.2, -0.15) is 0 Å². The second kappa shape index (κ2) is 4.02. The number of imidazole rings is 1. The van der Waals surface area contributed by atoms with E-state index >= 15 is 0 Å². The molecule has 0 fully saturated rings. The number of hydrogen-bond donors (Lipinski definition) is 1. The van der Waals surface area contributed by atoms with Crippen LogP contribution in [0.5, 0.6) is 0 Å². The zero-order valence-corrected chi connectivity index (χ0v) is 9.78. The van der Waals surface area contributed by atoms with Crippen LogP contribution in [0, 0.1) is 5.41 Å². The predicted octanol–water partition coefficient (Wildman–Crippen LogP) is 2.46. The van der Waals surface area contributed by atoms with Gasteiger partial charge in [-0.25, -0.2) is 4.98 Å². The molecular weight excluding hydrogens is 258 g/mol. The number of halogens is 1. The van der Waals surface area contributed by atoms with Crippen LogP contribution in [0.1, 0.15) is 12.5 Å². The number of nitrogens with one attached hydrogen (secondary N) is 1. The summed E-state index contributed by atoms with van der Waals surface area (Å²) in [6.45, 7) is 2.36. The van der Waals surface area contributed by atoms with E-state index in [9.17, 15) is 0 Å². The third kappa shape index (κ3) is 1.87. The van der Waals surface area contributed by atoms with Crippen molar-refractivity contribution >= 4 is 27.5 Å². The zero-order chi connectivity index (χ0) is 10.8. The maximum Gasteiger partial charge on any atom is 0.214 e. The van der Waals surface area contributed by atoms with E-state index in [2.05, 4.69) is 20.9 Å². The molecule has 2 rings (SSSR count). The van der Waals surface area contributed by atoms with Crippen molar-refractivity contribution in [1.29, 1.82) is 5.41 Å². The summed E-state index contributed by atoms with van der Waals surface area (Å²) in [5, 5.41) is 7.66. The minimum atomic E-state index is 0.181. The topological polar surface area (TPSA) is 50.4 Å². The maximum absolute atomic E-state index is 7.66. The summed E-state index contributed by atoms with van der Waals surface area (Å²) in [7, 11) is 0. The molecule has 2 aromatic heterocycles. The van der Waals surface area contributed by atoms with E-state index in [1.807, 2.05) is 29.7 Å². The summed E-state index contributed by atoms with van der Waals surface area (Å²) in [5.74, 6) is 0.181. The lowest BCUT2D eigenvalue weighted by atomic mass is 10.3. The first kappa shape index (κ1) is 10.2. The van der Waals surface area contributed by atoms with Gasteiger partial charge in [-0.15, -0.1) is 0 Å². The fourth-order valence-electron chi connectivity index (χ4n) is 1.31. The SMILES string of the molecule is CCOC(=N)c1ccc2ncc(Br)n2c1. The predicted molar refractivity (Wildman–Crippen MR) is 61.3 cm³/mol. The van der Waals surface area contributed by atoms with Crippen molar-refractivity contribution in [3.63, 3.8) is 0 Å². The lowest BCUT2D eigenvalue weighted by Crippen LogP contribution is -2.05. The highest BCUT2D eigenvalue weighted by atomic mass is 79.9. The summed E-state index contributed by atoms with van der Waals surface area (Å²) in [6.07, 6.45) is 3.55. The molecule has 0 amide bonds. The van der Waals surface area contributed by atoms with Gasteiger partial charge in [0.2, 0.25) is 5.90 Å². The molecule has 0 unspecified atom stereocenters. The second-order valence-corrected chi connectivity index (χ2v) is 3.80. The molecule has 0 radical (unpaired) electrons. The van der Waals surface area contributed by atoms with E-state index in [0.717, 1.165) is 15.8 Å². The molecule has 2 heterocycles. The van der Waals surface area contributed by atoms with Gasteiger partial charge < -0.3 is 4.74 Å². The van der Waals surface area contributed by atoms with Gasteiger partial charge in [-0.3, -0.25) is 9.81 Å². The molecule has 78 valence electrons. The van der Waals surface area contributed by atoms with Crippen LogP contribution in [0.25, 0.3) is 5.65 Å². The van der Waals surface area contributed by atoms with Crippen molar-refractivity contribution in [3.05, 3.63) is 34.7 Å². The monoisotopic (exact) mass is 267 g/mol. The van der Waals surface area contributed by atoms with Gasteiger partial charge in [0.1, 0.15) is 10.3 Å². The summed E-state index contributed by atoms with van der Waals surface area (Å²) in [5.41, 5.74) is 1.58. The van der Waals surface area contributed by atoms with E-state index in [-0.39, 0.29) is 5.90 Å². The fraction of sp³-hybridized carbons (Fsp3) is 0.200. The van der Waals surface area contributed by atoms with Crippen LogP contribution in [0.15, 0.2) is 29.1 Å². The van der Waals surface area contributed by atoms with E-state index in [1.54, 1.807) is 6.20 Å². The summed E-state index contributed by atoms with van der Waals surface area (Å²) in [4.78, 5) is 4.17. The number of ether oxygens (including phenoxy) is 1. The van der Waals surface area contributed by atoms with Gasteiger partial charge >= 0.3 is 0 Å². The molecule has 0 aliphatic carbocycles. The molecule has 0 saturated heterocycles. The summed E-state index contributed by atoms with van der Waals surface area (Å²) >= 11 is 3.38. The van der Waals surface area contributed by atoms with E-state index < -0.39 is 0 Å². The second-order valence-electron chi connectivity index (χ2n) is 2.99. The lowest BCUT2D eigenvalue weighted by molar-refractivity contribution is 0.325. The van der Waals surface area contributed by atoms with Crippen LogP contribution in [0.4, 0.5) is 0 Å². The van der Waals surface area contributed by atoms with Gasteiger partial charge in [0, 0.05) is 6.20 Å². The summed E-state index contributed by atoms with van der Waals surface area (Å²) < 4.78 is 7.86. The standard InChI is InChI=1S/C10H10BrN3O/c1-2-15-10(12)7-3-4-9-13-5-8(11)14(9)6-7/h3-6,12H,2H2,1H3. The van der Waals surface area contributed by atoms with Crippen LogP contribution >= 0.6 is 15.9 Å². The Hall–Kier alpha value is -1.36. The van der Waals surface area contributed by atoms with E-state index in [1.165, 1.54) is 0 Å². The Morgan fingerprint density at radius 2 is 2.40 bits per heavy atom. The fourth-order valence-corrected chi connectivity index (χ4v) is 1.70. The highest BCUT2D eigenvalue weighted by Crippen LogP contribution is 2.14.